The summed E-state index contributed by atoms with van der Waals surface area (Å²) in [7, 11) is 0. The number of halogens is 2. The maximum Gasteiger partial charge on any atom is 0.338 e. The van der Waals surface area contributed by atoms with Crippen molar-refractivity contribution in [3.05, 3.63) is 81.5 Å². The fourth-order valence-electron chi connectivity index (χ4n) is 2.63. The van der Waals surface area contributed by atoms with Gasteiger partial charge in [0.2, 0.25) is 0 Å². The fraction of sp³-hybridized carbons (Fsp3) is 0.0870. The van der Waals surface area contributed by atoms with Gasteiger partial charge >= 0.3 is 5.97 Å². The zero-order chi connectivity index (χ0) is 22.4. The second kappa shape index (κ2) is 9.98. The quantitative estimate of drug-likeness (QED) is 0.281. The van der Waals surface area contributed by atoms with E-state index >= 15 is 0 Å². The number of anilines is 1. The maximum absolute atomic E-state index is 12.5. The van der Waals surface area contributed by atoms with Crippen molar-refractivity contribution in [2.45, 2.75) is 6.92 Å². The minimum atomic E-state index is -0.612. The number of amides is 1. The molecule has 0 saturated heterocycles. The van der Waals surface area contributed by atoms with Gasteiger partial charge in [0.05, 0.1) is 22.2 Å². The molecule has 1 N–H and O–H groups in total. The molecule has 0 aliphatic carbocycles. The second-order valence-corrected chi connectivity index (χ2v) is 7.07. The summed E-state index contributed by atoms with van der Waals surface area (Å²) < 4.78 is 10.6. The Morgan fingerprint density at radius 2 is 1.84 bits per heavy atom. The van der Waals surface area contributed by atoms with Gasteiger partial charge in [-0.15, -0.1) is 0 Å². The Kier molecular flexibility index (Phi) is 7.14. The van der Waals surface area contributed by atoms with Gasteiger partial charge in [0.15, 0.2) is 0 Å². The predicted molar refractivity (Wildman–Crippen MR) is 119 cm³/mol. The predicted octanol–water partition coefficient (Wildman–Crippen LogP) is 5.98. The highest BCUT2D eigenvalue weighted by Crippen LogP contribution is 2.30. The molecule has 0 saturated carbocycles. The number of benzene rings is 2. The van der Waals surface area contributed by atoms with Crippen molar-refractivity contribution in [1.82, 2.24) is 0 Å². The van der Waals surface area contributed by atoms with Crippen molar-refractivity contribution in [2.24, 2.45) is 0 Å². The van der Waals surface area contributed by atoms with Crippen LogP contribution in [0.2, 0.25) is 10.0 Å². The summed E-state index contributed by atoms with van der Waals surface area (Å²) >= 11 is 12.0. The van der Waals surface area contributed by atoms with E-state index in [-0.39, 0.29) is 12.2 Å². The maximum atomic E-state index is 12.5. The van der Waals surface area contributed by atoms with E-state index < -0.39 is 11.9 Å². The van der Waals surface area contributed by atoms with Crippen LogP contribution in [0.1, 0.15) is 23.0 Å². The van der Waals surface area contributed by atoms with E-state index in [4.69, 9.17) is 32.4 Å². The summed E-state index contributed by atoms with van der Waals surface area (Å²) in [4.78, 5) is 24.2. The minimum Gasteiger partial charge on any atom is -0.462 e. The van der Waals surface area contributed by atoms with Crippen LogP contribution in [-0.2, 0) is 9.53 Å². The van der Waals surface area contributed by atoms with Gasteiger partial charge in [0.25, 0.3) is 5.91 Å². The first-order valence-corrected chi connectivity index (χ1v) is 9.92. The molecule has 31 heavy (non-hydrogen) atoms. The highest BCUT2D eigenvalue weighted by atomic mass is 35.5. The lowest BCUT2D eigenvalue weighted by atomic mass is 10.2. The molecule has 0 aliphatic heterocycles. The molecule has 8 heteroatoms. The lowest BCUT2D eigenvalue weighted by Crippen LogP contribution is -2.13. The third-order valence-electron chi connectivity index (χ3n) is 4.14. The van der Waals surface area contributed by atoms with Gasteiger partial charge in [0.1, 0.15) is 23.2 Å². The number of rotatable bonds is 6. The van der Waals surface area contributed by atoms with Gasteiger partial charge in [-0.3, -0.25) is 4.79 Å². The van der Waals surface area contributed by atoms with E-state index in [0.717, 1.165) is 0 Å². The van der Waals surface area contributed by atoms with Gasteiger partial charge in [-0.05, 0) is 61.5 Å². The lowest BCUT2D eigenvalue weighted by molar-refractivity contribution is -0.112. The molecular weight excluding hydrogens is 439 g/mol. The zero-order valence-electron chi connectivity index (χ0n) is 16.3. The third kappa shape index (κ3) is 5.54. The molecule has 0 bridgehead atoms. The van der Waals surface area contributed by atoms with Gasteiger partial charge < -0.3 is 14.5 Å². The van der Waals surface area contributed by atoms with Crippen LogP contribution in [0.4, 0.5) is 5.69 Å². The number of hydrogen-bond donors (Lipinski definition) is 1. The zero-order valence-corrected chi connectivity index (χ0v) is 17.8. The Morgan fingerprint density at radius 3 is 2.48 bits per heavy atom. The van der Waals surface area contributed by atoms with Crippen molar-refractivity contribution in [3.63, 3.8) is 0 Å². The molecule has 2 aromatic carbocycles. The standard InChI is InChI=1S/C23H16Cl2N2O4/c1-2-30-23(29)14-3-6-17(7-4-14)27-22(28)16(13-26)11-18-8-10-21(31-18)15-5-9-19(24)20(25)12-15/h3-12H,2H2,1H3,(H,27,28). The molecule has 156 valence electrons. The molecule has 1 amide bonds. The Balaban J connectivity index is 1.73. The first kappa shape index (κ1) is 22.2. The molecular formula is C23H16Cl2N2O4. The summed E-state index contributed by atoms with van der Waals surface area (Å²) in [5.74, 6) is -0.227. The number of nitriles is 1. The number of nitrogens with one attached hydrogen (secondary N) is 1. The van der Waals surface area contributed by atoms with Crippen LogP contribution in [0, 0.1) is 11.3 Å². The minimum absolute atomic E-state index is 0.149. The summed E-state index contributed by atoms with van der Waals surface area (Å²) in [5, 5.41) is 12.8. The van der Waals surface area contributed by atoms with E-state index in [1.807, 2.05) is 6.07 Å². The normalized spacial score (nSPS) is 11.0. The molecule has 0 unspecified atom stereocenters. The average molecular weight is 455 g/mol. The topological polar surface area (TPSA) is 92.3 Å². The fourth-order valence-corrected chi connectivity index (χ4v) is 2.93. The van der Waals surface area contributed by atoms with Crippen LogP contribution in [0.15, 0.2) is 64.6 Å². The monoisotopic (exact) mass is 454 g/mol. The summed E-state index contributed by atoms with van der Waals surface area (Å²) in [6.07, 6.45) is 1.34. The molecule has 3 rings (SSSR count). The van der Waals surface area contributed by atoms with Crippen LogP contribution >= 0.6 is 23.2 Å². The molecule has 6 nitrogen and oxygen atoms in total. The first-order valence-electron chi connectivity index (χ1n) is 9.17. The Bertz CT molecular complexity index is 1190. The SMILES string of the molecule is CCOC(=O)c1ccc(NC(=O)C(C#N)=Cc2ccc(-c3ccc(Cl)c(Cl)c3)o2)cc1. The van der Waals surface area contributed by atoms with Crippen molar-refractivity contribution < 1.29 is 18.7 Å². The van der Waals surface area contributed by atoms with Gasteiger partial charge in [-0.2, -0.15) is 5.26 Å². The van der Waals surface area contributed by atoms with Gasteiger partial charge in [-0.25, -0.2) is 4.79 Å². The highest BCUT2D eigenvalue weighted by Gasteiger charge is 2.13. The van der Waals surface area contributed by atoms with Gasteiger partial charge in [-0.1, -0.05) is 23.2 Å². The van der Waals surface area contributed by atoms with Crippen LogP contribution in [0.3, 0.4) is 0 Å². The number of furan rings is 1. The Labute approximate surface area is 188 Å². The number of carbonyl (C=O) groups excluding carboxylic acids is 2. The summed E-state index contributed by atoms with van der Waals surface area (Å²) in [6, 6.07) is 16.4. The van der Waals surface area contributed by atoms with Crippen molar-refractivity contribution in [3.8, 4) is 17.4 Å². The first-order chi connectivity index (χ1) is 14.9. The number of hydrogen-bond acceptors (Lipinski definition) is 5. The van der Waals surface area contributed by atoms with E-state index in [9.17, 15) is 14.9 Å². The van der Waals surface area contributed by atoms with Crippen molar-refractivity contribution >= 4 is 46.8 Å². The van der Waals surface area contributed by atoms with Crippen LogP contribution in [0.5, 0.6) is 0 Å². The molecule has 0 fully saturated rings. The van der Waals surface area contributed by atoms with Crippen molar-refractivity contribution in [2.75, 3.05) is 11.9 Å². The summed E-state index contributed by atoms with van der Waals surface area (Å²) in [6.45, 7) is 1.99. The molecule has 1 aromatic heterocycles. The molecule has 0 aliphatic rings. The largest absolute Gasteiger partial charge is 0.462 e. The molecule has 3 aromatic rings. The molecule has 0 atom stereocenters. The van der Waals surface area contributed by atoms with E-state index in [0.29, 0.717) is 38.4 Å². The molecule has 0 radical (unpaired) electrons. The van der Waals surface area contributed by atoms with Crippen molar-refractivity contribution in [1.29, 1.82) is 5.26 Å². The molecule has 0 spiro atoms. The number of carbonyl (C=O) groups is 2. The van der Waals surface area contributed by atoms with Crippen LogP contribution in [0.25, 0.3) is 17.4 Å². The number of nitrogens with zero attached hydrogens (tertiary/aromatic N) is 1. The Hall–Kier alpha value is -3.53. The number of esters is 1. The second-order valence-electron chi connectivity index (χ2n) is 6.25. The lowest BCUT2D eigenvalue weighted by Gasteiger charge is -2.06. The van der Waals surface area contributed by atoms with E-state index in [1.54, 1.807) is 49.4 Å². The number of ether oxygens (including phenoxy) is 1. The Morgan fingerprint density at radius 1 is 1.10 bits per heavy atom. The van der Waals surface area contributed by atoms with E-state index in [2.05, 4.69) is 5.32 Å². The van der Waals surface area contributed by atoms with Crippen LogP contribution < -0.4 is 5.32 Å². The van der Waals surface area contributed by atoms with E-state index in [1.165, 1.54) is 18.2 Å². The van der Waals surface area contributed by atoms with Crippen LogP contribution in [-0.4, -0.2) is 18.5 Å². The smallest absolute Gasteiger partial charge is 0.338 e. The summed E-state index contributed by atoms with van der Waals surface area (Å²) in [5.41, 5.74) is 1.35. The molecule has 1 heterocycles. The highest BCUT2D eigenvalue weighted by molar-refractivity contribution is 6.42. The van der Waals surface area contributed by atoms with Gasteiger partial charge in [0, 0.05) is 17.3 Å². The third-order valence-corrected chi connectivity index (χ3v) is 4.88. The average Bonchev–Trinajstić information content (AvgIpc) is 3.23.